The van der Waals surface area contributed by atoms with Crippen LogP contribution in [0.3, 0.4) is 0 Å². The van der Waals surface area contributed by atoms with E-state index in [0.29, 0.717) is 22.9 Å². The van der Waals surface area contributed by atoms with Crippen molar-refractivity contribution in [3.05, 3.63) is 29.6 Å². The first-order valence-corrected chi connectivity index (χ1v) is 9.11. The third-order valence-corrected chi connectivity index (χ3v) is 4.76. The van der Waals surface area contributed by atoms with Crippen molar-refractivity contribution in [2.24, 2.45) is 7.05 Å². The minimum atomic E-state index is -0.288. The molecule has 0 fully saturated rings. The Labute approximate surface area is 157 Å². The molecule has 2 rings (SSSR count). The predicted octanol–water partition coefficient (Wildman–Crippen LogP) is 1.42. The Morgan fingerprint density at radius 3 is 2.46 bits per heavy atom. The molecule has 0 saturated carbocycles. The van der Waals surface area contributed by atoms with Crippen molar-refractivity contribution in [3.8, 4) is 11.5 Å². The highest BCUT2D eigenvalue weighted by Gasteiger charge is 2.19. The van der Waals surface area contributed by atoms with E-state index < -0.39 is 0 Å². The van der Waals surface area contributed by atoms with Crippen molar-refractivity contribution in [2.75, 3.05) is 40.6 Å². The van der Waals surface area contributed by atoms with Crippen LogP contribution in [0.25, 0.3) is 0 Å². The number of thioether (sulfide) groups is 1. The summed E-state index contributed by atoms with van der Waals surface area (Å²) in [6.45, 7) is 1.22. The predicted molar refractivity (Wildman–Crippen MR) is 101 cm³/mol. The van der Waals surface area contributed by atoms with E-state index in [0.717, 1.165) is 17.5 Å². The molecule has 1 heterocycles. The average Bonchev–Trinajstić information content (AvgIpc) is 2.98. The van der Waals surface area contributed by atoms with Crippen LogP contribution in [-0.2, 0) is 13.6 Å². The van der Waals surface area contributed by atoms with E-state index in [1.54, 1.807) is 30.0 Å². The number of ether oxygens (including phenoxy) is 2. The van der Waals surface area contributed by atoms with E-state index in [2.05, 4.69) is 20.4 Å². The first kappa shape index (κ1) is 20.1. The second kappa shape index (κ2) is 9.44. The summed E-state index contributed by atoms with van der Waals surface area (Å²) in [5, 5.41) is 12.0. The molecule has 26 heavy (non-hydrogen) atoms. The number of carbonyl (C=O) groups excluding carboxylic acids is 1. The van der Waals surface area contributed by atoms with Crippen LogP contribution >= 0.6 is 11.8 Å². The van der Waals surface area contributed by atoms with Crippen molar-refractivity contribution in [3.63, 3.8) is 0 Å². The summed E-state index contributed by atoms with van der Waals surface area (Å²) >= 11 is 1.63. The van der Waals surface area contributed by atoms with Gasteiger partial charge in [0, 0.05) is 19.3 Å². The number of aromatic nitrogens is 3. The number of hydrogen-bond donors (Lipinski definition) is 1. The summed E-state index contributed by atoms with van der Waals surface area (Å²) in [6.07, 6.45) is 0. The number of rotatable bonds is 9. The molecule has 0 aliphatic heterocycles. The second-order valence-corrected chi connectivity index (χ2v) is 6.89. The van der Waals surface area contributed by atoms with Crippen LogP contribution in [-0.4, -0.2) is 66.2 Å². The first-order valence-electron chi connectivity index (χ1n) is 8.13. The van der Waals surface area contributed by atoms with E-state index in [1.807, 2.05) is 25.7 Å². The normalized spacial score (nSPS) is 10.8. The average molecular weight is 379 g/mol. The largest absolute Gasteiger partial charge is 0.496 e. The van der Waals surface area contributed by atoms with Crippen LogP contribution in [0.4, 0.5) is 0 Å². The van der Waals surface area contributed by atoms with Crippen molar-refractivity contribution in [1.82, 2.24) is 25.0 Å². The molecule has 1 aromatic carbocycles. The van der Waals surface area contributed by atoms with Gasteiger partial charge < -0.3 is 24.3 Å². The fraction of sp³-hybridized carbons (Fsp3) is 0.471. The smallest absolute Gasteiger partial charge is 0.259 e. The molecule has 2 aromatic rings. The Morgan fingerprint density at radius 2 is 1.88 bits per heavy atom. The summed E-state index contributed by atoms with van der Waals surface area (Å²) in [5.74, 6) is 2.23. The Morgan fingerprint density at radius 1 is 1.23 bits per heavy atom. The lowest BCUT2D eigenvalue weighted by Gasteiger charge is -2.13. The highest BCUT2D eigenvalue weighted by atomic mass is 32.2. The highest BCUT2D eigenvalue weighted by Crippen LogP contribution is 2.28. The third-order valence-electron chi connectivity index (χ3n) is 3.76. The van der Waals surface area contributed by atoms with E-state index >= 15 is 0 Å². The zero-order valence-electron chi connectivity index (χ0n) is 15.8. The summed E-state index contributed by atoms with van der Waals surface area (Å²) < 4.78 is 12.4. The van der Waals surface area contributed by atoms with Gasteiger partial charge in [-0.25, -0.2) is 0 Å². The Hall–Kier alpha value is -2.26. The molecule has 0 spiro atoms. The van der Waals surface area contributed by atoms with Gasteiger partial charge in [0.15, 0.2) is 11.0 Å². The van der Waals surface area contributed by atoms with Gasteiger partial charge in [0.2, 0.25) is 0 Å². The number of nitrogens with zero attached hydrogens (tertiary/aromatic N) is 4. The molecule has 0 radical (unpaired) electrons. The molecule has 0 aliphatic carbocycles. The third kappa shape index (κ3) is 4.89. The molecule has 8 nitrogen and oxygen atoms in total. The van der Waals surface area contributed by atoms with Gasteiger partial charge in [-0.05, 0) is 26.2 Å². The van der Waals surface area contributed by atoms with Gasteiger partial charge in [0.1, 0.15) is 17.1 Å². The second-order valence-electron chi connectivity index (χ2n) is 5.83. The van der Waals surface area contributed by atoms with Gasteiger partial charge in [-0.3, -0.25) is 4.79 Å². The molecule has 0 aliphatic rings. The summed E-state index contributed by atoms with van der Waals surface area (Å²) in [6, 6.07) is 5.22. The maximum absolute atomic E-state index is 12.6. The zero-order valence-corrected chi connectivity index (χ0v) is 16.6. The zero-order chi connectivity index (χ0) is 19.1. The molecule has 1 amide bonds. The van der Waals surface area contributed by atoms with E-state index in [4.69, 9.17) is 9.47 Å². The standard InChI is InChI=1S/C17H25N5O3S/c1-21(2)9-10-26-17-20-19-14(22(17)3)11-18-16(23)15-12(24-4)7-6-8-13(15)25-5/h6-8H,9-11H2,1-5H3,(H,18,23). The minimum Gasteiger partial charge on any atom is -0.496 e. The van der Waals surface area contributed by atoms with Crippen LogP contribution in [0.15, 0.2) is 23.4 Å². The van der Waals surface area contributed by atoms with Gasteiger partial charge in [0.05, 0.1) is 20.8 Å². The van der Waals surface area contributed by atoms with Crippen molar-refractivity contribution in [1.29, 1.82) is 0 Å². The fourth-order valence-electron chi connectivity index (χ4n) is 2.27. The maximum Gasteiger partial charge on any atom is 0.259 e. The number of benzene rings is 1. The van der Waals surface area contributed by atoms with Crippen molar-refractivity contribution < 1.29 is 14.3 Å². The van der Waals surface area contributed by atoms with Gasteiger partial charge in [-0.15, -0.1) is 10.2 Å². The summed E-state index contributed by atoms with van der Waals surface area (Å²) in [4.78, 5) is 14.7. The van der Waals surface area contributed by atoms with E-state index in [1.165, 1.54) is 14.2 Å². The van der Waals surface area contributed by atoms with Gasteiger partial charge in [-0.2, -0.15) is 0 Å². The lowest BCUT2D eigenvalue weighted by molar-refractivity contribution is 0.0943. The van der Waals surface area contributed by atoms with Crippen LogP contribution < -0.4 is 14.8 Å². The van der Waals surface area contributed by atoms with Crippen LogP contribution in [0.5, 0.6) is 11.5 Å². The van der Waals surface area contributed by atoms with Crippen LogP contribution in [0, 0.1) is 0 Å². The molecule has 142 valence electrons. The molecule has 0 unspecified atom stereocenters. The molecule has 9 heteroatoms. The highest BCUT2D eigenvalue weighted by molar-refractivity contribution is 7.99. The molecule has 0 bridgehead atoms. The topological polar surface area (TPSA) is 81.5 Å². The minimum absolute atomic E-state index is 0.262. The number of nitrogens with one attached hydrogen (secondary N) is 1. The first-order chi connectivity index (χ1) is 12.5. The monoisotopic (exact) mass is 379 g/mol. The molecule has 1 aromatic heterocycles. The molecular weight excluding hydrogens is 354 g/mol. The number of carbonyl (C=O) groups is 1. The maximum atomic E-state index is 12.6. The number of amides is 1. The lowest BCUT2D eigenvalue weighted by Crippen LogP contribution is -2.25. The Balaban J connectivity index is 2.03. The summed E-state index contributed by atoms with van der Waals surface area (Å²) in [7, 11) is 8.99. The number of methoxy groups -OCH3 is 2. The summed E-state index contributed by atoms with van der Waals surface area (Å²) in [5.41, 5.74) is 0.361. The van der Waals surface area contributed by atoms with Crippen molar-refractivity contribution >= 4 is 17.7 Å². The van der Waals surface area contributed by atoms with Gasteiger partial charge in [0.25, 0.3) is 5.91 Å². The van der Waals surface area contributed by atoms with Gasteiger partial charge >= 0.3 is 0 Å². The Bertz CT molecular complexity index is 726. The Kier molecular flexibility index (Phi) is 7.28. The van der Waals surface area contributed by atoms with E-state index in [9.17, 15) is 4.79 Å². The van der Waals surface area contributed by atoms with E-state index in [-0.39, 0.29) is 12.5 Å². The SMILES string of the molecule is COc1cccc(OC)c1C(=O)NCc1nnc(SCCN(C)C)n1C. The van der Waals surface area contributed by atoms with Crippen molar-refractivity contribution in [2.45, 2.75) is 11.7 Å². The fourth-order valence-corrected chi connectivity index (χ4v) is 3.30. The number of hydrogen-bond acceptors (Lipinski definition) is 7. The quantitative estimate of drug-likeness (QED) is 0.660. The molecular formula is C17H25N5O3S. The lowest BCUT2D eigenvalue weighted by atomic mass is 10.1. The van der Waals surface area contributed by atoms with Crippen LogP contribution in [0.1, 0.15) is 16.2 Å². The van der Waals surface area contributed by atoms with Gasteiger partial charge in [-0.1, -0.05) is 17.8 Å². The van der Waals surface area contributed by atoms with Crippen LogP contribution in [0.2, 0.25) is 0 Å². The molecule has 0 saturated heterocycles. The molecule has 1 N–H and O–H groups in total. The molecule has 0 atom stereocenters.